The molecule has 0 aromatic heterocycles. The first kappa shape index (κ1) is 21.4. The van der Waals surface area contributed by atoms with Crippen molar-refractivity contribution in [3.8, 4) is 11.5 Å². The maximum Gasteiger partial charge on any atom is 0.259 e. The molecule has 0 spiro atoms. The third kappa shape index (κ3) is 5.40. The SMILES string of the molecule is COc1ccc(NC(=S)Nc2ccc(NC(=O)c3ccccc3OC)cc2)cc1Cl. The van der Waals surface area contributed by atoms with E-state index in [0.717, 1.165) is 11.4 Å². The molecule has 1 amide bonds. The summed E-state index contributed by atoms with van der Waals surface area (Å²) in [6.07, 6.45) is 0. The van der Waals surface area contributed by atoms with E-state index in [0.29, 0.717) is 32.9 Å². The number of hydrogen-bond acceptors (Lipinski definition) is 4. The largest absolute Gasteiger partial charge is 0.496 e. The number of para-hydroxylation sites is 1. The van der Waals surface area contributed by atoms with Crippen molar-refractivity contribution in [2.24, 2.45) is 0 Å². The quantitative estimate of drug-likeness (QED) is 0.444. The van der Waals surface area contributed by atoms with Gasteiger partial charge in [0.2, 0.25) is 0 Å². The molecular formula is C22H20ClN3O3S. The van der Waals surface area contributed by atoms with Crippen molar-refractivity contribution >= 4 is 51.9 Å². The third-order valence-corrected chi connectivity index (χ3v) is 4.66. The van der Waals surface area contributed by atoms with Crippen LogP contribution in [0.4, 0.5) is 17.1 Å². The van der Waals surface area contributed by atoms with Crippen molar-refractivity contribution < 1.29 is 14.3 Å². The Balaban J connectivity index is 1.59. The zero-order chi connectivity index (χ0) is 21.5. The lowest BCUT2D eigenvalue weighted by Gasteiger charge is -2.13. The molecular weight excluding hydrogens is 422 g/mol. The van der Waals surface area contributed by atoms with Crippen molar-refractivity contribution in [1.29, 1.82) is 0 Å². The van der Waals surface area contributed by atoms with Crippen LogP contribution in [0.2, 0.25) is 5.02 Å². The molecule has 154 valence electrons. The van der Waals surface area contributed by atoms with Gasteiger partial charge in [-0.2, -0.15) is 0 Å². The van der Waals surface area contributed by atoms with Gasteiger partial charge in [-0.15, -0.1) is 0 Å². The minimum atomic E-state index is -0.248. The maximum absolute atomic E-state index is 12.5. The second-order valence-electron chi connectivity index (χ2n) is 6.16. The number of nitrogens with one attached hydrogen (secondary N) is 3. The van der Waals surface area contributed by atoms with Crippen molar-refractivity contribution in [2.45, 2.75) is 0 Å². The van der Waals surface area contributed by atoms with Crippen LogP contribution in [0.5, 0.6) is 11.5 Å². The smallest absolute Gasteiger partial charge is 0.259 e. The summed E-state index contributed by atoms with van der Waals surface area (Å²) in [5, 5.41) is 9.88. The van der Waals surface area contributed by atoms with Crippen molar-refractivity contribution in [1.82, 2.24) is 0 Å². The van der Waals surface area contributed by atoms with Gasteiger partial charge >= 0.3 is 0 Å². The van der Waals surface area contributed by atoms with Crippen molar-refractivity contribution in [3.63, 3.8) is 0 Å². The fourth-order valence-corrected chi connectivity index (χ4v) is 3.20. The summed E-state index contributed by atoms with van der Waals surface area (Å²) < 4.78 is 10.4. The number of carbonyl (C=O) groups excluding carboxylic acids is 1. The third-order valence-electron chi connectivity index (χ3n) is 4.16. The molecule has 6 nitrogen and oxygen atoms in total. The number of rotatable bonds is 6. The van der Waals surface area contributed by atoms with E-state index >= 15 is 0 Å². The molecule has 0 unspecified atom stereocenters. The molecule has 0 aliphatic carbocycles. The van der Waals surface area contributed by atoms with Gasteiger partial charge in [0, 0.05) is 17.1 Å². The molecule has 3 rings (SSSR count). The monoisotopic (exact) mass is 441 g/mol. The van der Waals surface area contributed by atoms with Gasteiger partial charge in [-0.3, -0.25) is 4.79 Å². The Hall–Kier alpha value is -3.29. The van der Waals surface area contributed by atoms with E-state index in [4.69, 9.17) is 33.3 Å². The Labute approximate surface area is 185 Å². The highest BCUT2D eigenvalue weighted by molar-refractivity contribution is 7.80. The minimum Gasteiger partial charge on any atom is -0.496 e. The highest BCUT2D eigenvalue weighted by atomic mass is 35.5. The Bertz CT molecular complexity index is 1060. The molecule has 3 aromatic rings. The number of anilines is 3. The number of carbonyl (C=O) groups is 1. The lowest BCUT2D eigenvalue weighted by molar-refractivity contribution is 0.102. The number of ether oxygens (including phenoxy) is 2. The maximum atomic E-state index is 12.5. The summed E-state index contributed by atoms with van der Waals surface area (Å²) in [5.41, 5.74) is 2.62. The van der Waals surface area contributed by atoms with Crippen LogP contribution >= 0.6 is 23.8 Å². The van der Waals surface area contributed by atoms with Gasteiger partial charge in [-0.1, -0.05) is 23.7 Å². The van der Waals surface area contributed by atoms with E-state index in [1.807, 2.05) is 24.3 Å². The van der Waals surface area contributed by atoms with Crippen LogP contribution in [-0.4, -0.2) is 25.2 Å². The summed E-state index contributed by atoms with van der Waals surface area (Å²) in [6, 6.07) is 19.5. The second kappa shape index (κ2) is 9.96. The molecule has 30 heavy (non-hydrogen) atoms. The van der Waals surface area contributed by atoms with Gasteiger partial charge in [0.25, 0.3) is 5.91 Å². The molecule has 0 atom stereocenters. The predicted octanol–water partition coefficient (Wildman–Crippen LogP) is 5.42. The Kier molecular flexibility index (Phi) is 7.11. The summed E-state index contributed by atoms with van der Waals surface area (Å²) in [6.45, 7) is 0. The van der Waals surface area contributed by atoms with Crippen LogP contribution in [-0.2, 0) is 0 Å². The number of benzene rings is 3. The summed E-state index contributed by atoms with van der Waals surface area (Å²) in [7, 11) is 3.09. The average molecular weight is 442 g/mol. The van der Waals surface area contributed by atoms with E-state index in [2.05, 4.69) is 16.0 Å². The van der Waals surface area contributed by atoms with Crippen molar-refractivity contribution in [2.75, 3.05) is 30.2 Å². The fraction of sp³-hybridized carbons (Fsp3) is 0.0909. The molecule has 0 fully saturated rings. The van der Waals surface area contributed by atoms with E-state index in [-0.39, 0.29) is 5.91 Å². The highest BCUT2D eigenvalue weighted by Gasteiger charge is 2.11. The summed E-state index contributed by atoms with van der Waals surface area (Å²) in [5.74, 6) is 0.858. The van der Waals surface area contributed by atoms with Gasteiger partial charge < -0.3 is 25.4 Å². The molecule has 0 bridgehead atoms. The number of methoxy groups -OCH3 is 2. The summed E-state index contributed by atoms with van der Waals surface area (Å²) >= 11 is 11.5. The van der Waals surface area contributed by atoms with E-state index < -0.39 is 0 Å². The molecule has 3 aromatic carbocycles. The normalized spacial score (nSPS) is 10.1. The van der Waals surface area contributed by atoms with Gasteiger partial charge in [0.15, 0.2) is 5.11 Å². The van der Waals surface area contributed by atoms with E-state index in [1.165, 1.54) is 7.11 Å². The molecule has 0 aliphatic rings. The van der Waals surface area contributed by atoms with Gasteiger partial charge in [0.05, 0.1) is 24.8 Å². The van der Waals surface area contributed by atoms with Crippen LogP contribution in [0.25, 0.3) is 0 Å². The zero-order valence-corrected chi connectivity index (χ0v) is 17.9. The number of amides is 1. The molecule has 0 radical (unpaired) electrons. The lowest BCUT2D eigenvalue weighted by Crippen LogP contribution is -2.19. The molecule has 8 heteroatoms. The first-order valence-electron chi connectivity index (χ1n) is 8.96. The van der Waals surface area contributed by atoms with E-state index in [1.54, 1.807) is 49.6 Å². The average Bonchev–Trinajstić information content (AvgIpc) is 2.75. The minimum absolute atomic E-state index is 0.248. The highest BCUT2D eigenvalue weighted by Crippen LogP contribution is 2.27. The van der Waals surface area contributed by atoms with Crippen LogP contribution < -0.4 is 25.4 Å². The van der Waals surface area contributed by atoms with Crippen LogP contribution in [0.15, 0.2) is 66.7 Å². The molecule has 0 saturated carbocycles. The number of thiocarbonyl (C=S) groups is 1. The standard InChI is InChI=1S/C22H20ClN3O3S/c1-28-19-6-4-3-5-17(19)21(27)24-14-7-9-15(10-8-14)25-22(30)26-16-11-12-20(29-2)18(23)13-16/h3-13H,1-2H3,(H,24,27)(H2,25,26,30). The lowest BCUT2D eigenvalue weighted by atomic mass is 10.2. The predicted molar refractivity (Wildman–Crippen MR) is 125 cm³/mol. The van der Waals surface area contributed by atoms with Gasteiger partial charge in [0.1, 0.15) is 11.5 Å². The first-order valence-corrected chi connectivity index (χ1v) is 9.74. The molecule has 0 heterocycles. The van der Waals surface area contributed by atoms with Gasteiger partial charge in [-0.25, -0.2) is 0 Å². The molecule has 0 aliphatic heterocycles. The Morgan fingerprint density at radius 3 is 2.00 bits per heavy atom. The Morgan fingerprint density at radius 1 is 0.800 bits per heavy atom. The van der Waals surface area contributed by atoms with Crippen LogP contribution in [0, 0.1) is 0 Å². The number of halogens is 1. The molecule has 0 saturated heterocycles. The fourth-order valence-electron chi connectivity index (χ4n) is 2.71. The number of hydrogen-bond donors (Lipinski definition) is 3. The van der Waals surface area contributed by atoms with Crippen molar-refractivity contribution in [3.05, 3.63) is 77.3 Å². The first-order chi connectivity index (χ1) is 14.5. The van der Waals surface area contributed by atoms with Gasteiger partial charge in [-0.05, 0) is 66.8 Å². The summed E-state index contributed by atoms with van der Waals surface area (Å²) in [4.78, 5) is 12.5. The Morgan fingerprint density at radius 2 is 1.37 bits per heavy atom. The van der Waals surface area contributed by atoms with Crippen LogP contribution in [0.1, 0.15) is 10.4 Å². The van der Waals surface area contributed by atoms with E-state index in [9.17, 15) is 4.79 Å². The zero-order valence-electron chi connectivity index (χ0n) is 16.4. The second-order valence-corrected chi connectivity index (χ2v) is 6.98. The topological polar surface area (TPSA) is 71.6 Å². The van der Waals surface area contributed by atoms with Crippen LogP contribution in [0.3, 0.4) is 0 Å². The molecule has 3 N–H and O–H groups in total.